The fourth-order valence-corrected chi connectivity index (χ4v) is 2.40. The second kappa shape index (κ2) is 6.57. The lowest BCUT2D eigenvalue weighted by molar-refractivity contribution is 0.542. The van der Waals surface area contributed by atoms with Crippen LogP contribution in [-0.4, -0.2) is 18.8 Å². The molecule has 0 aliphatic heterocycles. The minimum absolute atomic E-state index is 0.366. The zero-order valence-corrected chi connectivity index (χ0v) is 14.7. The van der Waals surface area contributed by atoms with E-state index in [0.717, 1.165) is 6.42 Å². The zero-order chi connectivity index (χ0) is 14.8. The van der Waals surface area contributed by atoms with Crippen LogP contribution in [0.4, 0.5) is 0 Å². The van der Waals surface area contributed by atoms with Gasteiger partial charge in [0.15, 0.2) is 0 Å². The van der Waals surface area contributed by atoms with Gasteiger partial charge in [-0.1, -0.05) is 84.0 Å². The summed E-state index contributed by atoms with van der Waals surface area (Å²) in [6.07, 6.45) is 1.52. The number of halogens is 5. The molecule has 110 valence electrons. The molecule has 1 rings (SSSR count). The summed E-state index contributed by atoms with van der Waals surface area (Å²) in [6, 6.07) is 0. The molecule has 0 fully saturated rings. The molecule has 1 aromatic rings. The molecule has 0 aliphatic carbocycles. The number of aromatic nitrogens is 3. The number of hydrogen-bond acceptors (Lipinski definition) is 2. The molecule has 0 aliphatic rings. The minimum atomic E-state index is -1.87. The molecule has 3 nitrogen and oxygen atoms in total. The Bertz CT molecular complexity index is 422. The van der Waals surface area contributed by atoms with E-state index >= 15 is 0 Å². The van der Waals surface area contributed by atoms with Crippen molar-refractivity contribution in [1.82, 2.24) is 15.0 Å². The standard InChI is InChI=1S/C11H16Cl5N3/c1-4-5-19-9(10(12,13)11(14,15)16)8(17-18-19)6-7(2)3/h7H,4-6H2,1-3H3. The van der Waals surface area contributed by atoms with Crippen LogP contribution in [-0.2, 0) is 17.3 Å². The molecule has 0 radical (unpaired) electrons. The van der Waals surface area contributed by atoms with Gasteiger partial charge in [-0.3, -0.25) is 0 Å². The Morgan fingerprint density at radius 2 is 1.74 bits per heavy atom. The van der Waals surface area contributed by atoms with E-state index in [1.807, 2.05) is 6.92 Å². The number of alkyl halides is 5. The molecule has 8 heteroatoms. The summed E-state index contributed by atoms with van der Waals surface area (Å²) >= 11 is 30.2. The van der Waals surface area contributed by atoms with Crippen molar-refractivity contribution in [1.29, 1.82) is 0 Å². The van der Waals surface area contributed by atoms with Crippen LogP contribution in [0.25, 0.3) is 0 Å². The summed E-state index contributed by atoms with van der Waals surface area (Å²) in [7, 11) is 0. The summed E-state index contributed by atoms with van der Waals surface area (Å²) in [5.74, 6) is 0.366. The average molecular weight is 368 g/mol. The molecule has 0 bridgehead atoms. The highest BCUT2D eigenvalue weighted by atomic mass is 35.6. The van der Waals surface area contributed by atoms with E-state index in [-0.39, 0.29) is 0 Å². The lowest BCUT2D eigenvalue weighted by Crippen LogP contribution is -2.32. The first-order valence-corrected chi connectivity index (χ1v) is 7.87. The lowest BCUT2D eigenvalue weighted by Gasteiger charge is -2.28. The Labute approximate surface area is 138 Å². The maximum atomic E-state index is 6.28. The molecule has 0 spiro atoms. The Morgan fingerprint density at radius 3 is 2.16 bits per heavy atom. The van der Waals surface area contributed by atoms with Gasteiger partial charge >= 0.3 is 0 Å². The van der Waals surface area contributed by atoms with Crippen LogP contribution >= 0.6 is 58.0 Å². The number of rotatable bonds is 5. The highest BCUT2D eigenvalue weighted by molar-refractivity contribution is 6.75. The SMILES string of the molecule is CCCn1nnc(CC(C)C)c1C(Cl)(Cl)C(Cl)(Cl)Cl. The van der Waals surface area contributed by atoms with Crippen molar-refractivity contribution in [2.45, 2.75) is 48.3 Å². The van der Waals surface area contributed by atoms with Crippen LogP contribution in [0, 0.1) is 5.92 Å². The lowest BCUT2D eigenvalue weighted by atomic mass is 10.1. The molecule has 0 atom stereocenters. The van der Waals surface area contributed by atoms with Gasteiger partial charge in [0.1, 0.15) is 5.69 Å². The summed E-state index contributed by atoms with van der Waals surface area (Å²) in [5, 5.41) is 8.18. The molecule has 19 heavy (non-hydrogen) atoms. The van der Waals surface area contributed by atoms with Crippen molar-refractivity contribution in [3.05, 3.63) is 11.4 Å². The maximum Gasteiger partial charge on any atom is 0.228 e. The quantitative estimate of drug-likeness (QED) is 0.694. The second-order valence-corrected chi connectivity index (χ2v) is 8.39. The van der Waals surface area contributed by atoms with Crippen LogP contribution in [0.15, 0.2) is 0 Å². The molecular formula is C11H16Cl5N3. The van der Waals surface area contributed by atoms with Crippen molar-refractivity contribution in [2.75, 3.05) is 0 Å². The first kappa shape index (κ1) is 17.6. The van der Waals surface area contributed by atoms with Crippen molar-refractivity contribution in [3.63, 3.8) is 0 Å². The van der Waals surface area contributed by atoms with Gasteiger partial charge in [0.25, 0.3) is 0 Å². The van der Waals surface area contributed by atoms with Gasteiger partial charge in [0.05, 0.1) is 5.69 Å². The van der Waals surface area contributed by atoms with Crippen LogP contribution < -0.4 is 0 Å². The molecule has 0 aromatic carbocycles. The van der Waals surface area contributed by atoms with E-state index in [1.54, 1.807) is 4.68 Å². The van der Waals surface area contributed by atoms with Gasteiger partial charge in [0.2, 0.25) is 8.13 Å². The van der Waals surface area contributed by atoms with Crippen molar-refractivity contribution >= 4 is 58.0 Å². The van der Waals surface area contributed by atoms with Gasteiger partial charge in [0, 0.05) is 6.54 Å². The zero-order valence-electron chi connectivity index (χ0n) is 10.9. The van der Waals surface area contributed by atoms with Gasteiger partial charge < -0.3 is 0 Å². The minimum Gasteiger partial charge on any atom is -0.246 e. The molecule has 0 amide bonds. The van der Waals surface area contributed by atoms with Gasteiger partial charge in [-0.25, -0.2) is 4.68 Å². The van der Waals surface area contributed by atoms with E-state index in [2.05, 4.69) is 24.2 Å². The number of aryl methyl sites for hydroxylation is 1. The fraction of sp³-hybridized carbons (Fsp3) is 0.818. The topological polar surface area (TPSA) is 30.7 Å². The van der Waals surface area contributed by atoms with Crippen molar-refractivity contribution in [3.8, 4) is 0 Å². The van der Waals surface area contributed by atoms with Crippen molar-refractivity contribution < 1.29 is 0 Å². The second-order valence-electron chi connectivity index (χ2n) is 4.78. The van der Waals surface area contributed by atoms with Gasteiger partial charge in [-0.2, -0.15) is 0 Å². The van der Waals surface area contributed by atoms with Gasteiger partial charge in [-0.05, 0) is 18.8 Å². The fourth-order valence-electron chi connectivity index (χ4n) is 1.72. The smallest absolute Gasteiger partial charge is 0.228 e. The summed E-state index contributed by atoms with van der Waals surface area (Å²) < 4.78 is -1.95. The van der Waals surface area contributed by atoms with Crippen LogP contribution in [0.2, 0.25) is 0 Å². The summed E-state index contributed by atoms with van der Waals surface area (Å²) in [4.78, 5) is 0. The predicted octanol–water partition coefficient (Wildman–Crippen LogP) is 4.89. The highest BCUT2D eigenvalue weighted by Crippen LogP contribution is 2.53. The molecule has 0 saturated carbocycles. The normalized spacial score (nSPS) is 13.3. The van der Waals surface area contributed by atoms with Crippen molar-refractivity contribution in [2.24, 2.45) is 5.92 Å². The van der Waals surface area contributed by atoms with E-state index in [9.17, 15) is 0 Å². The van der Waals surface area contributed by atoms with E-state index in [1.165, 1.54) is 0 Å². The Balaban J connectivity index is 3.31. The molecule has 0 saturated heterocycles. The first-order valence-electron chi connectivity index (χ1n) is 5.98. The van der Waals surface area contributed by atoms with Crippen LogP contribution in [0.3, 0.4) is 0 Å². The highest BCUT2D eigenvalue weighted by Gasteiger charge is 2.51. The van der Waals surface area contributed by atoms with E-state index < -0.39 is 8.13 Å². The van der Waals surface area contributed by atoms with E-state index in [0.29, 0.717) is 30.3 Å². The summed E-state index contributed by atoms with van der Waals surface area (Å²) in [5.41, 5.74) is 1.13. The van der Waals surface area contributed by atoms with Gasteiger partial charge in [-0.15, -0.1) is 5.10 Å². The largest absolute Gasteiger partial charge is 0.246 e. The number of nitrogens with zero attached hydrogens (tertiary/aromatic N) is 3. The maximum absolute atomic E-state index is 6.28. The third kappa shape index (κ3) is 4.04. The molecule has 1 aromatic heterocycles. The molecule has 1 heterocycles. The van der Waals surface area contributed by atoms with Crippen LogP contribution in [0.1, 0.15) is 38.6 Å². The molecule has 0 N–H and O–H groups in total. The molecular weight excluding hydrogens is 351 g/mol. The van der Waals surface area contributed by atoms with Crippen LogP contribution in [0.5, 0.6) is 0 Å². The Kier molecular flexibility index (Phi) is 6.10. The summed E-state index contributed by atoms with van der Waals surface area (Å²) in [6.45, 7) is 6.74. The predicted molar refractivity (Wildman–Crippen MR) is 82.5 cm³/mol. The third-order valence-corrected chi connectivity index (χ3v) is 4.85. The monoisotopic (exact) mass is 365 g/mol. The van der Waals surface area contributed by atoms with E-state index in [4.69, 9.17) is 58.0 Å². The Morgan fingerprint density at radius 1 is 1.16 bits per heavy atom. The molecule has 0 unspecified atom stereocenters. The number of hydrogen-bond donors (Lipinski definition) is 0. The third-order valence-electron chi connectivity index (χ3n) is 2.50. The Hall–Kier alpha value is 0.590. The first-order chi connectivity index (χ1) is 8.61. The average Bonchev–Trinajstić information content (AvgIpc) is 2.59.